The number of hydrogen-bond acceptors (Lipinski definition) is 7. The summed E-state index contributed by atoms with van der Waals surface area (Å²) in [5.41, 5.74) is -0.0604. The summed E-state index contributed by atoms with van der Waals surface area (Å²) in [4.78, 5) is 12.1. The molecule has 140 valence electrons. The lowest BCUT2D eigenvalue weighted by molar-refractivity contribution is -0.00983. The molecular formula is C16H13F2O7S-. The maximum Gasteiger partial charge on any atom is 0.367 e. The minimum absolute atomic E-state index is 0.0228. The van der Waals surface area contributed by atoms with Crippen molar-refractivity contribution in [2.24, 2.45) is 0 Å². The van der Waals surface area contributed by atoms with E-state index in [4.69, 9.17) is 9.47 Å². The van der Waals surface area contributed by atoms with E-state index < -0.39 is 27.9 Å². The van der Waals surface area contributed by atoms with Gasteiger partial charge in [-0.1, -0.05) is 24.3 Å². The van der Waals surface area contributed by atoms with Gasteiger partial charge in [0.15, 0.2) is 16.7 Å². The van der Waals surface area contributed by atoms with Gasteiger partial charge in [0.1, 0.15) is 18.5 Å². The molecule has 0 radical (unpaired) electrons. The third-order valence-corrected chi connectivity index (χ3v) is 4.52. The summed E-state index contributed by atoms with van der Waals surface area (Å²) in [7, 11) is -5.93. The quantitative estimate of drug-likeness (QED) is 0.406. The summed E-state index contributed by atoms with van der Waals surface area (Å²) in [5.74, 6) is -0.707. The molecule has 0 bridgehead atoms. The van der Waals surface area contributed by atoms with Crippen LogP contribution in [0.1, 0.15) is 10.4 Å². The lowest BCUT2D eigenvalue weighted by atomic mass is 10.0. The van der Waals surface area contributed by atoms with Crippen LogP contribution in [0.4, 0.5) is 8.78 Å². The van der Waals surface area contributed by atoms with Crippen molar-refractivity contribution in [1.82, 2.24) is 0 Å². The molecule has 0 saturated carbocycles. The summed E-state index contributed by atoms with van der Waals surface area (Å²) < 4.78 is 72.7. The Bertz CT molecular complexity index is 939. The first kappa shape index (κ1) is 18.5. The van der Waals surface area contributed by atoms with Crippen LogP contribution in [-0.4, -0.2) is 50.1 Å². The maximum atomic E-state index is 13.2. The van der Waals surface area contributed by atoms with Crippen LogP contribution in [0.5, 0.6) is 5.75 Å². The van der Waals surface area contributed by atoms with Crippen LogP contribution < -0.4 is 4.74 Å². The molecule has 0 amide bonds. The van der Waals surface area contributed by atoms with Crippen molar-refractivity contribution < 1.29 is 40.8 Å². The Balaban J connectivity index is 1.83. The Morgan fingerprint density at radius 1 is 1.23 bits per heavy atom. The highest BCUT2D eigenvalue weighted by Crippen LogP contribution is 2.30. The minimum Gasteiger partial charge on any atom is -0.743 e. The first-order valence-electron chi connectivity index (χ1n) is 7.45. The summed E-state index contributed by atoms with van der Waals surface area (Å²) in [6.07, 6.45) is 0.0228. The molecule has 1 fully saturated rings. The van der Waals surface area contributed by atoms with Crippen molar-refractivity contribution in [3.8, 4) is 5.75 Å². The second-order valence-corrected chi connectivity index (χ2v) is 7.10. The Kier molecular flexibility index (Phi) is 4.82. The van der Waals surface area contributed by atoms with Gasteiger partial charge in [0.25, 0.3) is 0 Å². The fraction of sp³-hybridized carbons (Fsp3) is 0.312. The molecule has 2 aromatic carbocycles. The van der Waals surface area contributed by atoms with Crippen LogP contribution in [0.3, 0.4) is 0 Å². The standard InChI is InChI=1S/C16H14F2O7S/c17-16(18,26(20,21)22)9-25-15(19)13-5-1-4-12-11(13)3-2-6-14(12)24-8-10-7-23-10/h1-6,10H,7-9H2,(H,20,21,22)/p-1. The van der Waals surface area contributed by atoms with E-state index >= 15 is 0 Å². The number of benzene rings is 2. The molecule has 0 aliphatic carbocycles. The predicted molar refractivity (Wildman–Crippen MR) is 84.1 cm³/mol. The number of rotatable bonds is 7. The van der Waals surface area contributed by atoms with Gasteiger partial charge < -0.3 is 18.8 Å². The second-order valence-electron chi connectivity index (χ2n) is 5.59. The number of fused-ring (bicyclic) bond motifs is 1. The van der Waals surface area contributed by atoms with Crippen molar-refractivity contribution in [3.05, 3.63) is 42.0 Å². The Labute approximate surface area is 147 Å². The summed E-state index contributed by atoms with van der Waals surface area (Å²) in [5, 5.41) is -3.78. The van der Waals surface area contributed by atoms with Crippen molar-refractivity contribution in [2.45, 2.75) is 11.4 Å². The summed E-state index contributed by atoms with van der Waals surface area (Å²) in [6, 6.07) is 9.36. The third-order valence-electron chi connectivity index (χ3n) is 3.67. The maximum absolute atomic E-state index is 13.2. The van der Waals surface area contributed by atoms with Crippen molar-refractivity contribution in [1.29, 1.82) is 0 Å². The number of carbonyl (C=O) groups excluding carboxylic acids is 1. The second kappa shape index (κ2) is 6.78. The molecule has 10 heteroatoms. The first-order valence-corrected chi connectivity index (χ1v) is 8.86. The van der Waals surface area contributed by atoms with Crippen LogP contribution in [0.15, 0.2) is 36.4 Å². The van der Waals surface area contributed by atoms with Crippen molar-refractivity contribution in [3.63, 3.8) is 0 Å². The third kappa shape index (κ3) is 3.92. The van der Waals surface area contributed by atoms with Crippen LogP contribution in [0, 0.1) is 0 Å². The topological polar surface area (TPSA) is 105 Å². The smallest absolute Gasteiger partial charge is 0.367 e. The van der Waals surface area contributed by atoms with E-state index in [1.54, 1.807) is 24.3 Å². The Hall–Kier alpha value is -2.30. The number of alkyl halides is 2. The molecule has 0 spiro atoms. The number of hydrogen-bond donors (Lipinski definition) is 0. The fourth-order valence-corrected chi connectivity index (χ4v) is 2.43. The zero-order valence-electron chi connectivity index (χ0n) is 13.2. The van der Waals surface area contributed by atoms with Gasteiger partial charge in [-0.25, -0.2) is 13.2 Å². The molecule has 1 unspecified atom stereocenters. The highest BCUT2D eigenvalue weighted by molar-refractivity contribution is 7.86. The van der Waals surface area contributed by atoms with Crippen LogP contribution in [-0.2, 0) is 19.6 Å². The molecule has 7 nitrogen and oxygen atoms in total. The van der Waals surface area contributed by atoms with Gasteiger partial charge in [-0.05, 0) is 17.5 Å². The van der Waals surface area contributed by atoms with Gasteiger partial charge in [0, 0.05) is 5.39 Å². The Morgan fingerprint density at radius 2 is 1.88 bits per heavy atom. The molecule has 1 saturated heterocycles. The van der Waals surface area contributed by atoms with Crippen LogP contribution >= 0.6 is 0 Å². The number of ether oxygens (including phenoxy) is 3. The molecule has 3 rings (SSSR count). The first-order chi connectivity index (χ1) is 12.2. The van der Waals surface area contributed by atoms with Crippen LogP contribution in [0.25, 0.3) is 10.8 Å². The number of carbonyl (C=O) groups is 1. The molecule has 1 aliphatic rings. The minimum atomic E-state index is -5.93. The number of epoxide rings is 1. The van der Waals surface area contributed by atoms with Crippen molar-refractivity contribution >= 4 is 26.9 Å². The van der Waals surface area contributed by atoms with E-state index in [1.165, 1.54) is 12.1 Å². The molecule has 1 heterocycles. The molecule has 0 N–H and O–H groups in total. The van der Waals surface area contributed by atoms with Crippen LogP contribution in [0.2, 0.25) is 0 Å². The highest BCUT2D eigenvalue weighted by Gasteiger charge is 2.39. The SMILES string of the molecule is O=C(OCC(F)(F)S(=O)(=O)[O-])c1cccc2c(OCC3CO3)cccc12. The molecule has 2 aromatic rings. The Morgan fingerprint density at radius 3 is 2.54 bits per heavy atom. The average molecular weight is 387 g/mol. The fourth-order valence-electron chi connectivity index (χ4n) is 2.23. The van der Waals surface area contributed by atoms with Gasteiger partial charge in [-0.15, -0.1) is 0 Å². The zero-order valence-corrected chi connectivity index (χ0v) is 14.0. The van der Waals surface area contributed by atoms with Crippen molar-refractivity contribution in [2.75, 3.05) is 19.8 Å². The van der Waals surface area contributed by atoms with E-state index in [2.05, 4.69) is 4.74 Å². The van der Waals surface area contributed by atoms with Gasteiger partial charge in [0.05, 0.1) is 12.2 Å². The summed E-state index contributed by atoms with van der Waals surface area (Å²) in [6.45, 7) is -0.913. The lowest BCUT2D eigenvalue weighted by Crippen LogP contribution is -2.34. The van der Waals surface area contributed by atoms with E-state index in [0.29, 0.717) is 29.7 Å². The highest BCUT2D eigenvalue weighted by atomic mass is 32.2. The van der Waals surface area contributed by atoms with Gasteiger partial charge >= 0.3 is 11.2 Å². The average Bonchev–Trinajstić information content (AvgIpc) is 3.40. The van der Waals surface area contributed by atoms with E-state index in [-0.39, 0.29) is 11.7 Å². The summed E-state index contributed by atoms with van der Waals surface area (Å²) >= 11 is 0. The number of halogens is 2. The van der Waals surface area contributed by atoms with E-state index in [1.807, 2.05) is 0 Å². The molecular weight excluding hydrogens is 374 g/mol. The molecule has 26 heavy (non-hydrogen) atoms. The largest absolute Gasteiger partial charge is 0.743 e. The predicted octanol–water partition coefficient (Wildman–Crippen LogP) is 1.91. The van der Waals surface area contributed by atoms with E-state index in [9.17, 15) is 26.5 Å². The molecule has 1 aliphatic heterocycles. The zero-order chi connectivity index (χ0) is 18.9. The number of esters is 1. The van der Waals surface area contributed by atoms with Gasteiger partial charge in [0.2, 0.25) is 0 Å². The van der Waals surface area contributed by atoms with Gasteiger partial charge in [-0.3, -0.25) is 0 Å². The monoisotopic (exact) mass is 387 g/mol. The normalized spacial score (nSPS) is 17.1. The van der Waals surface area contributed by atoms with E-state index in [0.717, 1.165) is 0 Å². The molecule has 0 aromatic heterocycles. The molecule has 1 atom stereocenters. The lowest BCUT2D eigenvalue weighted by Gasteiger charge is -2.19. The van der Waals surface area contributed by atoms with Gasteiger partial charge in [-0.2, -0.15) is 8.78 Å².